The summed E-state index contributed by atoms with van der Waals surface area (Å²) in [4.78, 5) is 17.1. The van der Waals surface area contributed by atoms with Crippen molar-refractivity contribution in [3.63, 3.8) is 0 Å². The first-order chi connectivity index (χ1) is 11.3. The van der Waals surface area contributed by atoms with Crippen LogP contribution < -0.4 is 0 Å². The highest BCUT2D eigenvalue weighted by atomic mass is 16.5. The summed E-state index contributed by atoms with van der Waals surface area (Å²) < 4.78 is 5.30. The van der Waals surface area contributed by atoms with E-state index in [2.05, 4.69) is 28.0 Å². The maximum atomic E-state index is 12.5. The van der Waals surface area contributed by atoms with Crippen molar-refractivity contribution >= 4 is 5.78 Å². The van der Waals surface area contributed by atoms with Gasteiger partial charge in [-0.2, -0.15) is 0 Å². The van der Waals surface area contributed by atoms with Crippen molar-refractivity contribution in [1.82, 2.24) is 9.80 Å². The van der Waals surface area contributed by atoms with Crippen molar-refractivity contribution in [3.8, 4) is 0 Å². The van der Waals surface area contributed by atoms with Gasteiger partial charge in [-0.1, -0.05) is 36.4 Å². The number of hydrogen-bond acceptors (Lipinski definition) is 4. The summed E-state index contributed by atoms with van der Waals surface area (Å²) in [6, 6.07) is 10.8. The lowest BCUT2D eigenvalue weighted by Gasteiger charge is -2.29. The van der Waals surface area contributed by atoms with E-state index in [1.807, 2.05) is 18.2 Å². The van der Waals surface area contributed by atoms with Crippen LogP contribution in [0.1, 0.15) is 18.4 Å². The van der Waals surface area contributed by atoms with Crippen molar-refractivity contribution in [1.29, 1.82) is 0 Å². The first kappa shape index (κ1) is 16.4. The van der Waals surface area contributed by atoms with Crippen molar-refractivity contribution in [3.05, 3.63) is 47.5 Å². The first-order valence-electron chi connectivity index (χ1n) is 8.48. The number of rotatable bonds is 6. The summed E-state index contributed by atoms with van der Waals surface area (Å²) in [5.41, 5.74) is 2.24. The monoisotopic (exact) mass is 314 g/mol. The second kappa shape index (κ2) is 7.86. The van der Waals surface area contributed by atoms with E-state index in [0.717, 1.165) is 38.4 Å². The van der Waals surface area contributed by atoms with Crippen LogP contribution in [0.25, 0.3) is 0 Å². The van der Waals surface area contributed by atoms with E-state index >= 15 is 0 Å². The van der Waals surface area contributed by atoms with Crippen LogP contribution in [0, 0.1) is 0 Å². The molecule has 4 nitrogen and oxygen atoms in total. The van der Waals surface area contributed by atoms with E-state index in [1.165, 1.54) is 18.4 Å². The van der Waals surface area contributed by atoms with E-state index in [9.17, 15) is 4.79 Å². The van der Waals surface area contributed by atoms with Gasteiger partial charge in [0.1, 0.15) is 0 Å². The second-order valence-corrected chi connectivity index (χ2v) is 6.53. The third kappa shape index (κ3) is 4.28. The SMILES string of the molecule is COCC1CCCN1CC1=CCN(Cc2ccccc2)CC1=O. The van der Waals surface area contributed by atoms with Crippen molar-refractivity contribution < 1.29 is 9.53 Å². The summed E-state index contributed by atoms with van der Waals surface area (Å²) in [5, 5.41) is 0. The summed E-state index contributed by atoms with van der Waals surface area (Å²) in [6.07, 6.45) is 4.50. The molecule has 2 aliphatic rings. The molecule has 2 aliphatic heterocycles. The Labute approximate surface area is 138 Å². The number of benzene rings is 1. The Bertz CT molecular complexity index is 556. The van der Waals surface area contributed by atoms with Crippen LogP contribution in [0.15, 0.2) is 42.0 Å². The second-order valence-electron chi connectivity index (χ2n) is 6.53. The van der Waals surface area contributed by atoms with Crippen LogP contribution in [-0.4, -0.2) is 61.5 Å². The fourth-order valence-electron chi connectivity index (χ4n) is 3.54. The van der Waals surface area contributed by atoms with Gasteiger partial charge >= 0.3 is 0 Å². The fourth-order valence-corrected chi connectivity index (χ4v) is 3.54. The first-order valence-corrected chi connectivity index (χ1v) is 8.48. The molecule has 0 radical (unpaired) electrons. The van der Waals surface area contributed by atoms with Gasteiger partial charge in [0, 0.05) is 38.4 Å². The molecule has 0 saturated carbocycles. The Balaban J connectivity index is 1.56. The predicted molar refractivity (Wildman–Crippen MR) is 91.3 cm³/mol. The molecule has 124 valence electrons. The van der Waals surface area contributed by atoms with Gasteiger partial charge in [-0.15, -0.1) is 0 Å². The molecule has 1 fully saturated rings. The van der Waals surface area contributed by atoms with Crippen LogP contribution in [0.3, 0.4) is 0 Å². The molecule has 1 aromatic rings. The summed E-state index contributed by atoms with van der Waals surface area (Å²) in [6.45, 7) is 4.86. The Morgan fingerprint density at radius 2 is 2.04 bits per heavy atom. The number of likely N-dealkylation sites (tertiary alicyclic amines) is 1. The predicted octanol–water partition coefficient (Wildman–Crippen LogP) is 2.11. The summed E-state index contributed by atoms with van der Waals surface area (Å²) >= 11 is 0. The molecule has 1 atom stereocenters. The smallest absolute Gasteiger partial charge is 0.173 e. The molecule has 0 aromatic heterocycles. The van der Waals surface area contributed by atoms with E-state index in [0.29, 0.717) is 12.6 Å². The van der Waals surface area contributed by atoms with Gasteiger partial charge in [-0.25, -0.2) is 0 Å². The van der Waals surface area contributed by atoms with Gasteiger partial charge in [-0.3, -0.25) is 14.6 Å². The van der Waals surface area contributed by atoms with Gasteiger partial charge < -0.3 is 4.74 Å². The molecule has 1 saturated heterocycles. The Morgan fingerprint density at radius 3 is 2.78 bits per heavy atom. The minimum atomic E-state index is 0.273. The lowest BCUT2D eigenvalue weighted by Crippen LogP contribution is -2.40. The van der Waals surface area contributed by atoms with Crippen LogP contribution in [0.5, 0.6) is 0 Å². The highest BCUT2D eigenvalue weighted by Crippen LogP contribution is 2.20. The molecule has 3 rings (SSSR count). The maximum absolute atomic E-state index is 12.5. The number of carbonyl (C=O) groups is 1. The molecular weight excluding hydrogens is 288 g/mol. The van der Waals surface area contributed by atoms with Crippen molar-refractivity contribution in [2.24, 2.45) is 0 Å². The molecule has 0 amide bonds. The molecule has 2 heterocycles. The highest BCUT2D eigenvalue weighted by molar-refractivity contribution is 5.98. The largest absolute Gasteiger partial charge is 0.383 e. The van der Waals surface area contributed by atoms with Crippen LogP contribution in [0.4, 0.5) is 0 Å². The average molecular weight is 314 g/mol. The molecule has 0 aliphatic carbocycles. The van der Waals surface area contributed by atoms with E-state index in [4.69, 9.17) is 4.74 Å². The normalized spacial score (nSPS) is 23.3. The minimum absolute atomic E-state index is 0.273. The molecule has 1 unspecified atom stereocenters. The van der Waals surface area contributed by atoms with E-state index in [1.54, 1.807) is 7.11 Å². The fraction of sp³-hybridized carbons (Fsp3) is 0.526. The number of nitrogens with zero attached hydrogens (tertiary/aromatic N) is 2. The molecule has 0 N–H and O–H groups in total. The number of ketones is 1. The quantitative estimate of drug-likeness (QED) is 0.805. The van der Waals surface area contributed by atoms with Gasteiger partial charge in [0.2, 0.25) is 0 Å². The zero-order valence-electron chi connectivity index (χ0n) is 13.9. The molecule has 1 aromatic carbocycles. The Morgan fingerprint density at radius 1 is 1.22 bits per heavy atom. The van der Waals surface area contributed by atoms with Gasteiger partial charge in [-0.05, 0) is 24.9 Å². The van der Waals surface area contributed by atoms with E-state index in [-0.39, 0.29) is 5.78 Å². The molecule has 0 spiro atoms. The average Bonchev–Trinajstić information content (AvgIpc) is 2.99. The van der Waals surface area contributed by atoms with Gasteiger partial charge in [0.25, 0.3) is 0 Å². The molecular formula is C19H26N2O2. The Kier molecular flexibility index (Phi) is 5.60. The molecule has 4 heteroatoms. The number of hydrogen-bond donors (Lipinski definition) is 0. The highest BCUT2D eigenvalue weighted by Gasteiger charge is 2.28. The van der Waals surface area contributed by atoms with Crippen LogP contribution in [-0.2, 0) is 16.1 Å². The van der Waals surface area contributed by atoms with E-state index < -0.39 is 0 Å². The minimum Gasteiger partial charge on any atom is -0.383 e. The zero-order valence-corrected chi connectivity index (χ0v) is 13.9. The maximum Gasteiger partial charge on any atom is 0.173 e. The topological polar surface area (TPSA) is 32.8 Å². The lowest BCUT2D eigenvalue weighted by molar-refractivity contribution is -0.117. The van der Waals surface area contributed by atoms with Crippen molar-refractivity contribution in [2.45, 2.75) is 25.4 Å². The van der Waals surface area contributed by atoms with Gasteiger partial charge in [0.05, 0.1) is 13.2 Å². The number of Topliss-reactive ketones (excluding diaryl/α,β-unsaturated/α-hetero) is 1. The third-order valence-corrected chi connectivity index (χ3v) is 4.80. The van der Waals surface area contributed by atoms with Crippen molar-refractivity contribution in [2.75, 3.05) is 39.9 Å². The molecule has 0 bridgehead atoms. The number of carbonyl (C=O) groups excluding carboxylic acids is 1. The van der Waals surface area contributed by atoms with Crippen LogP contribution in [0.2, 0.25) is 0 Å². The number of methoxy groups -OCH3 is 1. The Hall–Kier alpha value is -1.49. The lowest BCUT2D eigenvalue weighted by atomic mass is 10.0. The number of ether oxygens (including phenoxy) is 1. The van der Waals surface area contributed by atoms with Crippen LogP contribution >= 0.6 is 0 Å². The summed E-state index contributed by atoms with van der Waals surface area (Å²) in [5.74, 6) is 0.273. The standard InChI is InChI=1S/C19H26N2O2/c1-23-15-18-8-5-10-21(18)13-17-9-11-20(14-19(17)22)12-16-6-3-2-4-7-16/h2-4,6-7,9,18H,5,8,10-15H2,1H3. The van der Waals surface area contributed by atoms with Gasteiger partial charge in [0.15, 0.2) is 5.78 Å². The summed E-state index contributed by atoms with van der Waals surface area (Å²) in [7, 11) is 1.75. The molecule has 23 heavy (non-hydrogen) atoms. The third-order valence-electron chi connectivity index (χ3n) is 4.80. The zero-order chi connectivity index (χ0) is 16.1.